The van der Waals surface area contributed by atoms with E-state index in [1.807, 2.05) is 0 Å². The zero-order valence-corrected chi connectivity index (χ0v) is 8.58. The highest BCUT2D eigenvalue weighted by molar-refractivity contribution is 5.67. The minimum absolute atomic E-state index is 0.0823. The van der Waals surface area contributed by atoms with E-state index in [1.165, 1.54) is 7.11 Å². The Morgan fingerprint density at radius 3 is 2.62 bits per heavy atom. The van der Waals surface area contributed by atoms with Gasteiger partial charge in [-0.05, 0) is 12.1 Å². The number of hydrogen-bond donors (Lipinski definition) is 0. The number of hydrogen-bond acceptors (Lipinski definition) is 2. The number of nitrogens with zero attached hydrogens (tertiary/aromatic N) is 1. The van der Waals surface area contributed by atoms with Crippen LogP contribution in [0.15, 0.2) is 36.5 Å². The lowest BCUT2D eigenvalue weighted by Crippen LogP contribution is -1.94. The smallest absolute Gasteiger partial charge is 0.152 e. The molecule has 82 valence electrons. The highest BCUT2D eigenvalue weighted by Gasteiger charge is 2.11. The number of ether oxygens (including phenoxy) is 1. The Morgan fingerprint density at radius 1 is 1.19 bits per heavy atom. The molecule has 0 N–H and O–H groups in total. The van der Waals surface area contributed by atoms with E-state index in [-0.39, 0.29) is 5.69 Å². The summed E-state index contributed by atoms with van der Waals surface area (Å²) in [5, 5.41) is 0. The van der Waals surface area contributed by atoms with Crippen molar-refractivity contribution in [2.75, 3.05) is 7.11 Å². The normalized spacial score (nSPS) is 10.2. The van der Waals surface area contributed by atoms with Crippen molar-refractivity contribution in [2.24, 2.45) is 0 Å². The van der Waals surface area contributed by atoms with Gasteiger partial charge in [-0.1, -0.05) is 12.1 Å². The van der Waals surface area contributed by atoms with Crippen LogP contribution in [0.2, 0.25) is 0 Å². The van der Waals surface area contributed by atoms with E-state index in [0.717, 1.165) is 12.3 Å². The molecule has 0 spiro atoms. The van der Waals surface area contributed by atoms with Gasteiger partial charge in [0.2, 0.25) is 0 Å². The monoisotopic (exact) mass is 221 g/mol. The molecule has 0 radical (unpaired) electrons. The summed E-state index contributed by atoms with van der Waals surface area (Å²) in [6.45, 7) is 0. The number of pyridine rings is 1. The zero-order valence-electron chi connectivity index (χ0n) is 8.58. The molecule has 0 aliphatic rings. The average Bonchev–Trinajstić information content (AvgIpc) is 2.29. The van der Waals surface area contributed by atoms with Crippen LogP contribution >= 0.6 is 0 Å². The summed E-state index contributed by atoms with van der Waals surface area (Å²) in [6.07, 6.45) is 0.977. The number of methoxy groups -OCH3 is 1. The number of rotatable bonds is 2. The summed E-state index contributed by atoms with van der Waals surface area (Å²) in [5.74, 6) is -0.902. The van der Waals surface area contributed by atoms with Gasteiger partial charge < -0.3 is 4.74 Å². The highest BCUT2D eigenvalue weighted by atomic mass is 19.1. The first kappa shape index (κ1) is 10.5. The molecule has 0 amide bonds. The van der Waals surface area contributed by atoms with E-state index in [1.54, 1.807) is 24.3 Å². The molecule has 0 bridgehead atoms. The number of aromatic nitrogens is 1. The summed E-state index contributed by atoms with van der Waals surface area (Å²) in [4.78, 5) is 3.73. The molecule has 0 aliphatic heterocycles. The quantitative estimate of drug-likeness (QED) is 0.777. The summed E-state index contributed by atoms with van der Waals surface area (Å²) >= 11 is 0. The molecule has 2 rings (SSSR count). The Labute approximate surface area is 91.5 Å². The molecule has 0 saturated carbocycles. The van der Waals surface area contributed by atoms with Gasteiger partial charge in [0.1, 0.15) is 17.3 Å². The molecule has 4 heteroatoms. The molecule has 16 heavy (non-hydrogen) atoms. The van der Waals surface area contributed by atoms with Crippen LogP contribution in [-0.2, 0) is 0 Å². The van der Waals surface area contributed by atoms with Gasteiger partial charge in [0.15, 0.2) is 5.82 Å². The highest BCUT2D eigenvalue weighted by Crippen LogP contribution is 2.29. The molecule has 1 heterocycles. The lowest BCUT2D eigenvalue weighted by Gasteiger charge is -2.07. The Hall–Kier alpha value is -1.97. The van der Waals surface area contributed by atoms with E-state index < -0.39 is 11.6 Å². The molecule has 2 aromatic rings. The summed E-state index contributed by atoms with van der Waals surface area (Å²) in [5.41, 5.74) is 0.585. The van der Waals surface area contributed by atoms with Crippen molar-refractivity contribution in [1.29, 1.82) is 0 Å². The fourth-order valence-corrected chi connectivity index (χ4v) is 1.45. The molecule has 0 atom stereocenters. The average molecular weight is 221 g/mol. The van der Waals surface area contributed by atoms with E-state index in [4.69, 9.17) is 4.74 Å². The minimum atomic E-state index is -0.704. The fourth-order valence-electron chi connectivity index (χ4n) is 1.45. The second-order valence-electron chi connectivity index (χ2n) is 3.18. The van der Waals surface area contributed by atoms with Crippen molar-refractivity contribution in [3.05, 3.63) is 48.2 Å². The number of halogens is 2. The first-order valence-corrected chi connectivity index (χ1v) is 4.67. The van der Waals surface area contributed by atoms with E-state index in [0.29, 0.717) is 11.3 Å². The molecule has 1 aromatic heterocycles. The molecule has 0 aliphatic carbocycles. The predicted molar refractivity (Wildman–Crippen MR) is 56.1 cm³/mol. The lowest BCUT2D eigenvalue weighted by atomic mass is 10.1. The minimum Gasteiger partial charge on any atom is -0.496 e. The largest absolute Gasteiger partial charge is 0.496 e. The van der Waals surface area contributed by atoms with Gasteiger partial charge in [-0.3, -0.25) is 0 Å². The SMILES string of the molecule is COc1ccccc1-c1ncc(F)cc1F. The van der Waals surface area contributed by atoms with Crippen LogP contribution in [0.4, 0.5) is 8.78 Å². The molecule has 2 nitrogen and oxygen atoms in total. The first-order chi connectivity index (χ1) is 7.72. The van der Waals surface area contributed by atoms with Crippen LogP contribution in [0.5, 0.6) is 5.75 Å². The van der Waals surface area contributed by atoms with Crippen molar-refractivity contribution >= 4 is 0 Å². The van der Waals surface area contributed by atoms with Crippen LogP contribution in [0.3, 0.4) is 0 Å². The Balaban J connectivity index is 2.58. The third-order valence-electron chi connectivity index (χ3n) is 2.17. The molecule has 0 unspecified atom stereocenters. The Bertz CT molecular complexity index is 514. The number of para-hydroxylation sites is 1. The molecular formula is C12H9F2NO. The van der Waals surface area contributed by atoms with Crippen LogP contribution in [-0.4, -0.2) is 12.1 Å². The Morgan fingerprint density at radius 2 is 1.94 bits per heavy atom. The van der Waals surface area contributed by atoms with Crippen molar-refractivity contribution in [3.8, 4) is 17.0 Å². The van der Waals surface area contributed by atoms with Crippen LogP contribution in [0, 0.1) is 11.6 Å². The van der Waals surface area contributed by atoms with Gasteiger partial charge in [-0.25, -0.2) is 13.8 Å². The summed E-state index contributed by atoms with van der Waals surface area (Å²) in [6, 6.07) is 7.67. The maximum atomic E-state index is 13.5. The Kier molecular flexibility index (Phi) is 2.81. The van der Waals surface area contributed by atoms with Crippen molar-refractivity contribution in [1.82, 2.24) is 4.98 Å². The van der Waals surface area contributed by atoms with Crippen LogP contribution < -0.4 is 4.74 Å². The number of benzene rings is 1. The predicted octanol–water partition coefficient (Wildman–Crippen LogP) is 3.04. The van der Waals surface area contributed by atoms with Gasteiger partial charge in [0.25, 0.3) is 0 Å². The van der Waals surface area contributed by atoms with Gasteiger partial charge in [-0.2, -0.15) is 0 Å². The third kappa shape index (κ3) is 1.86. The van der Waals surface area contributed by atoms with E-state index in [2.05, 4.69) is 4.98 Å². The second-order valence-corrected chi connectivity index (χ2v) is 3.18. The van der Waals surface area contributed by atoms with Crippen molar-refractivity contribution in [2.45, 2.75) is 0 Å². The van der Waals surface area contributed by atoms with Crippen molar-refractivity contribution in [3.63, 3.8) is 0 Å². The van der Waals surface area contributed by atoms with Crippen LogP contribution in [0.25, 0.3) is 11.3 Å². The van der Waals surface area contributed by atoms with E-state index in [9.17, 15) is 8.78 Å². The molecule has 0 saturated heterocycles. The zero-order chi connectivity index (χ0) is 11.5. The van der Waals surface area contributed by atoms with Gasteiger partial charge in [0, 0.05) is 11.6 Å². The second kappa shape index (κ2) is 4.26. The molecule has 0 fully saturated rings. The van der Waals surface area contributed by atoms with E-state index >= 15 is 0 Å². The van der Waals surface area contributed by atoms with Gasteiger partial charge >= 0.3 is 0 Å². The maximum Gasteiger partial charge on any atom is 0.152 e. The van der Waals surface area contributed by atoms with Crippen LogP contribution in [0.1, 0.15) is 0 Å². The first-order valence-electron chi connectivity index (χ1n) is 4.67. The lowest BCUT2D eigenvalue weighted by molar-refractivity contribution is 0.416. The molecular weight excluding hydrogens is 212 g/mol. The van der Waals surface area contributed by atoms with Gasteiger partial charge in [0.05, 0.1) is 13.3 Å². The standard InChI is InChI=1S/C12H9F2NO/c1-16-11-5-3-2-4-9(11)12-10(14)6-8(13)7-15-12/h2-7H,1H3. The molecule has 1 aromatic carbocycles. The summed E-state index contributed by atoms with van der Waals surface area (Å²) in [7, 11) is 1.49. The third-order valence-corrected chi connectivity index (χ3v) is 2.17. The summed E-state index contributed by atoms with van der Waals surface area (Å²) < 4.78 is 31.3. The topological polar surface area (TPSA) is 22.1 Å². The van der Waals surface area contributed by atoms with Gasteiger partial charge in [-0.15, -0.1) is 0 Å². The maximum absolute atomic E-state index is 13.5. The van der Waals surface area contributed by atoms with Crippen molar-refractivity contribution < 1.29 is 13.5 Å². The fraction of sp³-hybridized carbons (Fsp3) is 0.0833.